The summed E-state index contributed by atoms with van der Waals surface area (Å²) in [5.41, 5.74) is 2.38. The van der Waals surface area contributed by atoms with Crippen molar-refractivity contribution >= 4 is 49.7 Å². The molecule has 1 aliphatic rings. The zero-order valence-electron chi connectivity index (χ0n) is 18.4. The van der Waals surface area contributed by atoms with E-state index in [1.54, 1.807) is 0 Å². The highest BCUT2D eigenvalue weighted by molar-refractivity contribution is 7.90. The van der Waals surface area contributed by atoms with Crippen LogP contribution in [0.2, 0.25) is 0 Å². The number of piperidine rings is 1. The van der Waals surface area contributed by atoms with E-state index in [1.165, 1.54) is 12.6 Å². The highest BCUT2D eigenvalue weighted by Crippen LogP contribution is 2.30. The molecule has 2 amide bonds. The van der Waals surface area contributed by atoms with Gasteiger partial charge in [0.05, 0.1) is 17.1 Å². The molecule has 0 unspecified atom stereocenters. The van der Waals surface area contributed by atoms with Crippen molar-refractivity contribution in [1.29, 1.82) is 0 Å². The molecule has 0 bridgehead atoms. The molecule has 0 aliphatic carbocycles. The van der Waals surface area contributed by atoms with E-state index in [0.29, 0.717) is 10.6 Å². The van der Waals surface area contributed by atoms with Gasteiger partial charge in [-0.2, -0.15) is 0 Å². The smallest absolute Gasteiger partial charge is 0.356 e. The quantitative estimate of drug-likeness (QED) is 0.381. The van der Waals surface area contributed by atoms with Crippen LogP contribution in [0.15, 0.2) is 35.7 Å². The molecule has 0 radical (unpaired) electrons. The summed E-state index contributed by atoms with van der Waals surface area (Å²) in [6, 6.07) is 5.37. The van der Waals surface area contributed by atoms with E-state index in [1.807, 2.05) is 19.1 Å². The Morgan fingerprint density at radius 1 is 1.21 bits per heavy atom. The number of imidazole rings is 1. The number of urea groups is 1. The van der Waals surface area contributed by atoms with Crippen LogP contribution in [-0.2, 0) is 15.6 Å². The zero-order valence-corrected chi connectivity index (χ0v) is 20.0. The molecule has 0 atom stereocenters. The fraction of sp³-hybridized carbons (Fsp3) is 0.333. The van der Waals surface area contributed by atoms with Gasteiger partial charge in [0.15, 0.2) is 10.8 Å². The molecule has 1 aromatic carbocycles. The van der Waals surface area contributed by atoms with Crippen molar-refractivity contribution in [3.8, 4) is 0 Å². The Labute approximate surface area is 200 Å². The number of aryl methyl sites for hydroxylation is 1. The Morgan fingerprint density at radius 3 is 2.68 bits per heavy atom. The van der Waals surface area contributed by atoms with Gasteiger partial charge in [-0.05, 0) is 43.9 Å². The molecule has 2 aromatic heterocycles. The van der Waals surface area contributed by atoms with Crippen molar-refractivity contribution in [2.45, 2.75) is 37.1 Å². The Balaban J connectivity index is 1.41. The fourth-order valence-corrected chi connectivity index (χ4v) is 6.02. The number of H-pyrrole nitrogens is 1. The van der Waals surface area contributed by atoms with Gasteiger partial charge in [0, 0.05) is 30.4 Å². The molecule has 0 saturated carbocycles. The molecule has 0 spiro atoms. The number of benzene rings is 1. The number of aromatic carboxylic acids is 1. The third-order valence-electron chi connectivity index (χ3n) is 5.27. The first-order valence-electron chi connectivity index (χ1n) is 10.6. The van der Waals surface area contributed by atoms with E-state index >= 15 is 0 Å². The van der Waals surface area contributed by atoms with Gasteiger partial charge in [-0.3, -0.25) is 5.32 Å². The molecule has 3 heterocycles. The largest absolute Gasteiger partial charge is 0.476 e. The summed E-state index contributed by atoms with van der Waals surface area (Å²) in [6.45, 7) is 3.88. The Bertz CT molecular complexity index is 1310. The number of carboxylic acids is 1. The number of amides is 2. The Kier molecular flexibility index (Phi) is 6.84. The van der Waals surface area contributed by atoms with Gasteiger partial charge in [-0.15, -0.1) is 11.3 Å². The molecule has 1 aliphatic heterocycles. The number of carbonyl (C=O) groups excluding carboxylic acids is 1. The van der Waals surface area contributed by atoms with Crippen LogP contribution in [0.1, 0.15) is 40.2 Å². The number of carbonyl (C=O) groups is 2. The number of aromatic amines is 1. The molecule has 180 valence electrons. The van der Waals surface area contributed by atoms with E-state index in [4.69, 9.17) is 5.11 Å². The normalized spacial score (nSPS) is 14.1. The highest BCUT2D eigenvalue weighted by Gasteiger charge is 2.23. The van der Waals surface area contributed by atoms with Gasteiger partial charge in [-0.25, -0.2) is 28.0 Å². The van der Waals surface area contributed by atoms with Crippen molar-refractivity contribution < 1.29 is 23.1 Å². The third kappa shape index (κ3) is 5.54. The molecule has 1 saturated heterocycles. The average Bonchev–Trinajstić information content (AvgIpc) is 3.46. The van der Waals surface area contributed by atoms with E-state index in [9.17, 15) is 18.0 Å². The van der Waals surface area contributed by atoms with Crippen LogP contribution in [0, 0.1) is 6.92 Å². The molecule has 4 N–H and O–H groups in total. The molecule has 3 aromatic rings. The lowest BCUT2D eigenvalue weighted by molar-refractivity contribution is 0.0690. The van der Waals surface area contributed by atoms with Crippen LogP contribution < -0.4 is 15.5 Å². The monoisotopic (exact) mass is 504 g/mol. The van der Waals surface area contributed by atoms with Crippen LogP contribution in [0.5, 0.6) is 0 Å². The number of sulfone groups is 1. The number of carboxylic acid groups (broad SMARTS) is 1. The van der Waals surface area contributed by atoms with Crippen molar-refractivity contribution in [2.75, 3.05) is 28.6 Å². The SMILES string of the molecule is Cc1ccc(NC(=O)Nc2ncc(CS(=O)(=O)c3nc(C(=O)O)c[nH]3)s2)c(N2CCCCC2)c1. The lowest BCUT2D eigenvalue weighted by Gasteiger charge is -2.30. The molecule has 1 fully saturated rings. The first-order chi connectivity index (χ1) is 16.2. The summed E-state index contributed by atoms with van der Waals surface area (Å²) in [6.07, 6.45) is 5.79. The van der Waals surface area contributed by atoms with Gasteiger partial charge >= 0.3 is 12.0 Å². The predicted molar refractivity (Wildman–Crippen MR) is 128 cm³/mol. The summed E-state index contributed by atoms with van der Waals surface area (Å²) in [5.74, 6) is -1.76. The highest BCUT2D eigenvalue weighted by atomic mass is 32.2. The van der Waals surface area contributed by atoms with E-state index in [0.717, 1.165) is 54.7 Å². The topological polar surface area (TPSA) is 157 Å². The summed E-state index contributed by atoms with van der Waals surface area (Å²) >= 11 is 1.01. The lowest BCUT2D eigenvalue weighted by atomic mass is 10.1. The van der Waals surface area contributed by atoms with E-state index in [-0.39, 0.29) is 10.8 Å². The fourth-order valence-electron chi connectivity index (χ4n) is 3.66. The number of nitrogens with zero attached hydrogens (tertiary/aromatic N) is 3. The number of hydrogen-bond donors (Lipinski definition) is 4. The van der Waals surface area contributed by atoms with Gasteiger partial charge in [0.2, 0.25) is 15.0 Å². The molecular weight excluding hydrogens is 480 g/mol. The van der Waals surface area contributed by atoms with Crippen LogP contribution in [-0.4, -0.2) is 53.6 Å². The van der Waals surface area contributed by atoms with Crippen LogP contribution in [0.4, 0.5) is 21.3 Å². The summed E-state index contributed by atoms with van der Waals surface area (Å²) in [7, 11) is -3.91. The van der Waals surface area contributed by atoms with Crippen LogP contribution >= 0.6 is 11.3 Å². The number of thiazole rings is 1. The lowest BCUT2D eigenvalue weighted by Crippen LogP contribution is -2.31. The third-order valence-corrected chi connectivity index (χ3v) is 7.86. The average molecular weight is 505 g/mol. The number of rotatable bonds is 7. The minimum Gasteiger partial charge on any atom is -0.476 e. The minimum absolute atomic E-state index is 0.236. The number of nitrogens with one attached hydrogen (secondary N) is 3. The first kappa shape index (κ1) is 23.7. The van der Waals surface area contributed by atoms with Crippen molar-refractivity contribution in [3.63, 3.8) is 0 Å². The Hall–Kier alpha value is -3.45. The molecule has 13 heteroatoms. The summed E-state index contributed by atoms with van der Waals surface area (Å²) in [5, 5.41) is 14.2. The maximum absolute atomic E-state index is 12.6. The van der Waals surface area contributed by atoms with Gasteiger partial charge in [-0.1, -0.05) is 6.07 Å². The molecular formula is C21H24N6O5S2. The zero-order chi connectivity index (χ0) is 24.3. The first-order valence-corrected chi connectivity index (χ1v) is 13.1. The van der Waals surface area contributed by atoms with Gasteiger partial charge in [0.1, 0.15) is 0 Å². The number of anilines is 3. The minimum atomic E-state index is -3.91. The van der Waals surface area contributed by atoms with E-state index < -0.39 is 32.7 Å². The van der Waals surface area contributed by atoms with Crippen LogP contribution in [0.3, 0.4) is 0 Å². The van der Waals surface area contributed by atoms with Crippen molar-refractivity contribution in [2.24, 2.45) is 0 Å². The van der Waals surface area contributed by atoms with E-state index in [2.05, 4.69) is 36.6 Å². The standard InChI is InChI=1S/C21H24N6O5S2/c1-13-5-6-15(17(9-13)27-7-3-2-4-8-27)24-19(30)26-20-22-10-14(33-20)12-34(31,32)21-23-11-16(25-21)18(28)29/h5-6,9-11H,2-4,7-8,12H2,1H3,(H,23,25)(H,28,29)(H2,22,24,26,30). The predicted octanol–water partition coefficient (Wildman–Crippen LogP) is 3.48. The van der Waals surface area contributed by atoms with Crippen molar-refractivity contribution in [3.05, 3.63) is 46.7 Å². The second-order valence-electron chi connectivity index (χ2n) is 7.93. The van der Waals surface area contributed by atoms with Gasteiger partial charge in [0.25, 0.3) is 0 Å². The maximum atomic E-state index is 12.6. The molecule has 4 rings (SSSR count). The van der Waals surface area contributed by atoms with Crippen LogP contribution in [0.25, 0.3) is 0 Å². The van der Waals surface area contributed by atoms with Gasteiger partial charge < -0.3 is 20.3 Å². The number of aromatic nitrogens is 3. The molecule has 34 heavy (non-hydrogen) atoms. The second-order valence-corrected chi connectivity index (χ2v) is 11.0. The number of hydrogen-bond acceptors (Lipinski definition) is 8. The summed E-state index contributed by atoms with van der Waals surface area (Å²) in [4.78, 5) is 36.2. The molecule has 11 nitrogen and oxygen atoms in total. The second kappa shape index (κ2) is 9.81. The maximum Gasteiger partial charge on any atom is 0.356 e. The summed E-state index contributed by atoms with van der Waals surface area (Å²) < 4.78 is 25.0. The Morgan fingerprint density at radius 2 is 1.97 bits per heavy atom. The van der Waals surface area contributed by atoms with Crippen molar-refractivity contribution in [1.82, 2.24) is 15.0 Å².